The number of carbonyl (C=O) groups excluding carboxylic acids is 1. The minimum atomic E-state index is 0.105. The number of thiophene rings is 1. The van der Waals surface area contributed by atoms with E-state index in [2.05, 4.69) is 31.3 Å². The van der Waals surface area contributed by atoms with Crippen LogP contribution in [-0.4, -0.2) is 43.7 Å². The Balaban J connectivity index is 1.78. The van der Waals surface area contributed by atoms with E-state index >= 15 is 0 Å². The summed E-state index contributed by atoms with van der Waals surface area (Å²) in [6.07, 6.45) is 2.04. The number of aryl methyl sites for hydroxylation is 1. The monoisotopic (exact) mass is 296 g/mol. The smallest absolute Gasteiger partial charge is 0.248 e. The van der Waals surface area contributed by atoms with Gasteiger partial charge in [0.1, 0.15) is 6.61 Å². The van der Waals surface area contributed by atoms with Crippen molar-refractivity contribution >= 4 is 17.2 Å². The highest BCUT2D eigenvalue weighted by Gasteiger charge is 2.23. The van der Waals surface area contributed by atoms with E-state index in [0.29, 0.717) is 12.1 Å². The second kappa shape index (κ2) is 7.20. The van der Waals surface area contributed by atoms with Gasteiger partial charge in [0.15, 0.2) is 0 Å². The third kappa shape index (κ3) is 4.04. The van der Waals surface area contributed by atoms with Crippen LogP contribution in [0.4, 0.5) is 0 Å². The predicted molar refractivity (Wildman–Crippen MR) is 82.1 cm³/mol. The number of carbonyl (C=O) groups is 1. The van der Waals surface area contributed by atoms with Crippen LogP contribution in [0, 0.1) is 6.92 Å². The van der Waals surface area contributed by atoms with E-state index in [1.807, 2.05) is 16.2 Å². The first-order chi connectivity index (χ1) is 9.60. The summed E-state index contributed by atoms with van der Waals surface area (Å²) in [7, 11) is 1.57. The van der Waals surface area contributed by atoms with Crippen LogP contribution >= 0.6 is 11.3 Å². The largest absolute Gasteiger partial charge is 0.375 e. The molecule has 1 amide bonds. The SMILES string of the molecule is COCC(=O)N1CCC(NC(C)c2ccc(C)s2)CC1. The van der Waals surface area contributed by atoms with Crippen LogP contribution < -0.4 is 5.32 Å². The van der Waals surface area contributed by atoms with Crippen molar-refractivity contribution in [2.75, 3.05) is 26.8 Å². The summed E-state index contributed by atoms with van der Waals surface area (Å²) in [6, 6.07) is 5.26. The zero-order valence-electron chi connectivity index (χ0n) is 12.5. The zero-order chi connectivity index (χ0) is 14.5. The van der Waals surface area contributed by atoms with Gasteiger partial charge in [-0.05, 0) is 38.8 Å². The summed E-state index contributed by atoms with van der Waals surface area (Å²) in [4.78, 5) is 16.4. The molecule has 112 valence electrons. The molecule has 0 aromatic carbocycles. The average Bonchev–Trinajstić information content (AvgIpc) is 2.86. The van der Waals surface area contributed by atoms with Crippen LogP contribution in [-0.2, 0) is 9.53 Å². The average molecular weight is 296 g/mol. The maximum absolute atomic E-state index is 11.7. The molecule has 0 spiro atoms. The fraction of sp³-hybridized carbons (Fsp3) is 0.667. The van der Waals surface area contributed by atoms with Crippen molar-refractivity contribution in [1.29, 1.82) is 0 Å². The molecule has 0 bridgehead atoms. The van der Waals surface area contributed by atoms with Crippen LogP contribution in [0.2, 0.25) is 0 Å². The van der Waals surface area contributed by atoms with E-state index in [0.717, 1.165) is 25.9 Å². The van der Waals surface area contributed by atoms with Crippen molar-refractivity contribution in [1.82, 2.24) is 10.2 Å². The van der Waals surface area contributed by atoms with Gasteiger partial charge in [0.25, 0.3) is 0 Å². The van der Waals surface area contributed by atoms with E-state index in [1.165, 1.54) is 9.75 Å². The molecule has 0 radical (unpaired) electrons. The molecule has 1 saturated heterocycles. The molecule has 1 N–H and O–H groups in total. The number of nitrogens with zero attached hydrogens (tertiary/aromatic N) is 1. The van der Waals surface area contributed by atoms with E-state index in [1.54, 1.807) is 7.11 Å². The lowest BCUT2D eigenvalue weighted by molar-refractivity contribution is -0.136. The summed E-state index contributed by atoms with van der Waals surface area (Å²) in [5.74, 6) is 0.105. The van der Waals surface area contributed by atoms with Crippen molar-refractivity contribution in [2.24, 2.45) is 0 Å². The second-order valence-corrected chi connectivity index (χ2v) is 6.74. The molecule has 2 heterocycles. The van der Waals surface area contributed by atoms with Crippen LogP contribution in [0.25, 0.3) is 0 Å². The van der Waals surface area contributed by atoms with Gasteiger partial charge in [0.05, 0.1) is 0 Å². The normalized spacial score (nSPS) is 18.2. The van der Waals surface area contributed by atoms with Gasteiger partial charge in [-0.25, -0.2) is 0 Å². The maximum Gasteiger partial charge on any atom is 0.248 e. The summed E-state index contributed by atoms with van der Waals surface area (Å²) in [5.41, 5.74) is 0. The predicted octanol–water partition coefficient (Wildman–Crippen LogP) is 2.34. The van der Waals surface area contributed by atoms with Crippen LogP contribution in [0.5, 0.6) is 0 Å². The third-order valence-corrected chi connectivity index (χ3v) is 4.97. The number of likely N-dealkylation sites (tertiary alicyclic amines) is 1. The summed E-state index contributed by atoms with van der Waals surface area (Å²) in [5, 5.41) is 3.68. The highest BCUT2D eigenvalue weighted by molar-refractivity contribution is 7.12. The number of amides is 1. The molecule has 1 aliphatic heterocycles. The summed E-state index contributed by atoms with van der Waals surface area (Å²) in [6.45, 7) is 6.21. The lowest BCUT2D eigenvalue weighted by Gasteiger charge is -2.33. The molecule has 2 rings (SSSR count). The molecule has 1 unspecified atom stereocenters. The summed E-state index contributed by atoms with van der Waals surface area (Å²) < 4.78 is 4.90. The number of ether oxygens (including phenoxy) is 1. The Hall–Kier alpha value is -0.910. The highest BCUT2D eigenvalue weighted by Crippen LogP contribution is 2.24. The molecule has 4 nitrogen and oxygen atoms in total. The summed E-state index contributed by atoms with van der Waals surface area (Å²) >= 11 is 1.85. The Labute approximate surface area is 125 Å². The first kappa shape index (κ1) is 15.5. The Morgan fingerprint density at radius 3 is 2.75 bits per heavy atom. The second-order valence-electron chi connectivity index (χ2n) is 5.42. The quantitative estimate of drug-likeness (QED) is 0.907. The van der Waals surface area contributed by atoms with Crippen molar-refractivity contribution in [2.45, 2.75) is 38.8 Å². The van der Waals surface area contributed by atoms with Crippen LogP contribution in [0.1, 0.15) is 35.6 Å². The molecule has 0 saturated carbocycles. The van der Waals surface area contributed by atoms with Crippen molar-refractivity contribution < 1.29 is 9.53 Å². The third-order valence-electron chi connectivity index (χ3n) is 3.79. The van der Waals surface area contributed by atoms with Gasteiger partial charge in [0.2, 0.25) is 5.91 Å². The maximum atomic E-state index is 11.7. The molecule has 1 atom stereocenters. The topological polar surface area (TPSA) is 41.6 Å². The molecule has 20 heavy (non-hydrogen) atoms. The number of methoxy groups -OCH3 is 1. The highest BCUT2D eigenvalue weighted by atomic mass is 32.1. The standard InChI is InChI=1S/C15H24N2O2S/c1-11-4-5-14(20-11)12(2)16-13-6-8-17(9-7-13)15(18)10-19-3/h4-5,12-13,16H,6-10H2,1-3H3. The van der Waals surface area contributed by atoms with Gasteiger partial charge in [0, 0.05) is 42.0 Å². The molecule has 0 aliphatic carbocycles. The molecule has 1 aromatic heterocycles. The molecular weight excluding hydrogens is 272 g/mol. The molecule has 1 aliphatic rings. The van der Waals surface area contributed by atoms with Crippen LogP contribution in [0.3, 0.4) is 0 Å². The van der Waals surface area contributed by atoms with Gasteiger partial charge >= 0.3 is 0 Å². The van der Waals surface area contributed by atoms with Gasteiger partial charge in [-0.2, -0.15) is 0 Å². The minimum absolute atomic E-state index is 0.105. The first-order valence-corrected chi connectivity index (χ1v) is 8.01. The zero-order valence-corrected chi connectivity index (χ0v) is 13.3. The molecular formula is C15H24N2O2S. The fourth-order valence-electron chi connectivity index (χ4n) is 2.63. The van der Waals surface area contributed by atoms with E-state index in [4.69, 9.17) is 4.74 Å². The van der Waals surface area contributed by atoms with Gasteiger partial charge < -0.3 is 15.0 Å². The van der Waals surface area contributed by atoms with Crippen molar-refractivity contribution in [3.05, 3.63) is 21.9 Å². The minimum Gasteiger partial charge on any atom is -0.375 e. The van der Waals surface area contributed by atoms with Crippen molar-refractivity contribution in [3.8, 4) is 0 Å². The number of piperidine rings is 1. The van der Waals surface area contributed by atoms with E-state index in [-0.39, 0.29) is 12.5 Å². The first-order valence-electron chi connectivity index (χ1n) is 7.19. The number of hydrogen-bond donors (Lipinski definition) is 1. The van der Waals surface area contributed by atoms with Gasteiger partial charge in [-0.15, -0.1) is 11.3 Å². The molecule has 1 fully saturated rings. The van der Waals surface area contributed by atoms with Gasteiger partial charge in [-0.1, -0.05) is 0 Å². The Morgan fingerprint density at radius 2 is 2.20 bits per heavy atom. The van der Waals surface area contributed by atoms with E-state index < -0.39 is 0 Å². The fourth-order valence-corrected chi connectivity index (χ4v) is 3.52. The molecule has 1 aromatic rings. The lowest BCUT2D eigenvalue weighted by Crippen LogP contribution is -2.46. The van der Waals surface area contributed by atoms with Crippen LogP contribution in [0.15, 0.2) is 12.1 Å². The lowest BCUT2D eigenvalue weighted by atomic mass is 10.0. The Kier molecular flexibility index (Phi) is 5.57. The number of nitrogens with one attached hydrogen (secondary N) is 1. The van der Waals surface area contributed by atoms with E-state index in [9.17, 15) is 4.79 Å². The van der Waals surface area contributed by atoms with Gasteiger partial charge in [-0.3, -0.25) is 4.79 Å². The number of rotatable bonds is 5. The molecule has 5 heteroatoms. The number of hydrogen-bond acceptors (Lipinski definition) is 4. The van der Waals surface area contributed by atoms with Crippen molar-refractivity contribution in [3.63, 3.8) is 0 Å². The Morgan fingerprint density at radius 1 is 1.50 bits per heavy atom. The Bertz CT molecular complexity index is 439.